The van der Waals surface area contributed by atoms with Crippen LogP contribution in [0.1, 0.15) is 22.3 Å². The maximum absolute atomic E-state index is 9.97. The third kappa shape index (κ3) is 3.86. The standard InChI is InChI=1S/C27H26ClN5/c1-3-6-22-19(2)23(17-29)26-30-24-7-4-5-8-25(24)33(26)27(22)32-15-13-31(14-16-32)18-20-9-11-21(28)12-10-20/h3-5,7-12H,1,6,13-16,18H2,2H3. The molecule has 166 valence electrons. The summed E-state index contributed by atoms with van der Waals surface area (Å²) in [4.78, 5) is 9.78. The van der Waals surface area contributed by atoms with Gasteiger partial charge in [0.2, 0.25) is 0 Å². The molecule has 0 N–H and O–H groups in total. The van der Waals surface area contributed by atoms with Crippen LogP contribution in [0.5, 0.6) is 0 Å². The first kappa shape index (κ1) is 21.5. The van der Waals surface area contributed by atoms with Crippen molar-refractivity contribution in [2.45, 2.75) is 19.9 Å². The molecule has 3 heterocycles. The first-order valence-corrected chi connectivity index (χ1v) is 11.6. The molecule has 2 aromatic heterocycles. The molecule has 0 aliphatic carbocycles. The summed E-state index contributed by atoms with van der Waals surface area (Å²) in [7, 11) is 0. The zero-order chi connectivity index (χ0) is 22.9. The van der Waals surface area contributed by atoms with Gasteiger partial charge in [0.15, 0.2) is 5.65 Å². The Labute approximate surface area is 199 Å². The molecular formula is C27H26ClN5. The molecule has 1 saturated heterocycles. The number of piperazine rings is 1. The fourth-order valence-electron chi connectivity index (χ4n) is 4.85. The number of nitrogens with zero attached hydrogens (tertiary/aromatic N) is 5. The lowest BCUT2D eigenvalue weighted by molar-refractivity contribution is 0.249. The van der Waals surface area contributed by atoms with Gasteiger partial charge in [0.05, 0.1) is 16.6 Å². The fourth-order valence-corrected chi connectivity index (χ4v) is 4.98. The topological polar surface area (TPSA) is 47.6 Å². The van der Waals surface area contributed by atoms with Gasteiger partial charge in [-0.2, -0.15) is 5.26 Å². The molecule has 0 saturated carbocycles. The highest BCUT2D eigenvalue weighted by atomic mass is 35.5. The lowest BCUT2D eigenvalue weighted by Crippen LogP contribution is -2.47. The van der Waals surface area contributed by atoms with Gasteiger partial charge in [0.1, 0.15) is 11.9 Å². The number of anilines is 1. The smallest absolute Gasteiger partial charge is 0.157 e. The third-order valence-corrected chi connectivity index (χ3v) is 6.80. The predicted octanol–water partition coefficient (Wildman–Crippen LogP) is 5.37. The largest absolute Gasteiger partial charge is 0.355 e. The summed E-state index contributed by atoms with van der Waals surface area (Å²) >= 11 is 6.04. The van der Waals surface area contributed by atoms with E-state index in [1.54, 1.807) is 0 Å². The summed E-state index contributed by atoms with van der Waals surface area (Å²) in [5.74, 6) is 1.14. The van der Waals surface area contributed by atoms with E-state index in [4.69, 9.17) is 16.6 Å². The molecule has 0 atom stereocenters. The number of benzene rings is 2. The summed E-state index contributed by atoms with van der Waals surface area (Å²) < 4.78 is 2.19. The van der Waals surface area contributed by atoms with Crippen molar-refractivity contribution in [2.75, 3.05) is 31.1 Å². The van der Waals surface area contributed by atoms with Gasteiger partial charge < -0.3 is 4.90 Å². The number of aromatic nitrogens is 2. The Morgan fingerprint density at radius 2 is 1.82 bits per heavy atom. The Morgan fingerprint density at radius 3 is 2.52 bits per heavy atom. The Morgan fingerprint density at radius 1 is 1.09 bits per heavy atom. The number of allylic oxidation sites excluding steroid dienone is 1. The summed E-state index contributed by atoms with van der Waals surface area (Å²) in [5, 5.41) is 10.7. The summed E-state index contributed by atoms with van der Waals surface area (Å²) in [6.07, 6.45) is 2.64. The number of para-hydroxylation sites is 2. The number of hydrogen-bond acceptors (Lipinski definition) is 4. The average Bonchev–Trinajstić information content (AvgIpc) is 3.21. The van der Waals surface area contributed by atoms with Crippen molar-refractivity contribution >= 4 is 34.1 Å². The van der Waals surface area contributed by atoms with Crippen LogP contribution in [0.2, 0.25) is 5.02 Å². The van der Waals surface area contributed by atoms with Gasteiger partial charge in [0, 0.05) is 43.3 Å². The van der Waals surface area contributed by atoms with E-state index in [2.05, 4.69) is 45.0 Å². The molecule has 0 spiro atoms. The molecule has 5 nitrogen and oxygen atoms in total. The fraction of sp³-hybridized carbons (Fsp3) is 0.259. The highest BCUT2D eigenvalue weighted by Crippen LogP contribution is 2.34. The highest BCUT2D eigenvalue weighted by Gasteiger charge is 2.26. The Hall–Kier alpha value is -3.33. The van der Waals surface area contributed by atoms with Crippen LogP contribution in [0.25, 0.3) is 16.7 Å². The summed E-state index contributed by atoms with van der Waals surface area (Å²) in [6.45, 7) is 10.7. The number of imidazole rings is 1. The Bertz CT molecular complexity index is 1370. The molecule has 4 aromatic rings. The van der Waals surface area contributed by atoms with Gasteiger partial charge in [0.25, 0.3) is 0 Å². The zero-order valence-corrected chi connectivity index (χ0v) is 19.5. The van der Waals surface area contributed by atoms with Crippen LogP contribution in [0.15, 0.2) is 61.2 Å². The maximum atomic E-state index is 9.97. The van der Waals surface area contributed by atoms with Crippen molar-refractivity contribution in [1.82, 2.24) is 14.3 Å². The monoisotopic (exact) mass is 455 g/mol. The minimum absolute atomic E-state index is 0.646. The first-order chi connectivity index (χ1) is 16.1. The van der Waals surface area contributed by atoms with Crippen LogP contribution in [-0.2, 0) is 13.0 Å². The lowest BCUT2D eigenvalue weighted by atomic mass is 10.0. The molecule has 33 heavy (non-hydrogen) atoms. The van der Waals surface area contributed by atoms with Crippen molar-refractivity contribution in [3.05, 3.63) is 88.5 Å². The molecular weight excluding hydrogens is 430 g/mol. The zero-order valence-electron chi connectivity index (χ0n) is 18.8. The van der Waals surface area contributed by atoms with E-state index in [-0.39, 0.29) is 0 Å². The van der Waals surface area contributed by atoms with E-state index in [9.17, 15) is 5.26 Å². The quantitative estimate of drug-likeness (QED) is 0.379. The normalized spacial score (nSPS) is 14.6. The van der Waals surface area contributed by atoms with Gasteiger partial charge in [-0.1, -0.05) is 41.9 Å². The third-order valence-electron chi connectivity index (χ3n) is 6.55. The van der Waals surface area contributed by atoms with E-state index < -0.39 is 0 Å². The van der Waals surface area contributed by atoms with Crippen molar-refractivity contribution in [2.24, 2.45) is 0 Å². The van der Waals surface area contributed by atoms with Crippen molar-refractivity contribution in [3.63, 3.8) is 0 Å². The van der Waals surface area contributed by atoms with Crippen LogP contribution in [0.3, 0.4) is 0 Å². The van der Waals surface area contributed by atoms with Gasteiger partial charge in [-0.05, 0) is 48.7 Å². The molecule has 1 aliphatic heterocycles. The van der Waals surface area contributed by atoms with Crippen LogP contribution in [0, 0.1) is 18.3 Å². The van der Waals surface area contributed by atoms with Crippen molar-refractivity contribution in [1.29, 1.82) is 5.26 Å². The van der Waals surface area contributed by atoms with Gasteiger partial charge in [-0.3, -0.25) is 9.30 Å². The Balaban J connectivity index is 1.55. The van der Waals surface area contributed by atoms with E-state index in [1.807, 2.05) is 43.3 Å². The molecule has 1 fully saturated rings. The lowest BCUT2D eigenvalue weighted by Gasteiger charge is -2.37. The van der Waals surface area contributed by atoms with E-state index in [0.29, 0.717) is 12.0 Å². The molecule has 5 rings (SSSR count). The van der Waals surface area contributed by atoms with E-state index in [0.717, 1.165) is 71.4 Å². The SMILES string of the molecule is C=CCc1c(C)c(C#N)c2nc3ccccc3n2c1N1CCN(Cc2ccc(Cl)cc2)CC1. The van der Waals surface area contributed by atoms with Gasteiger partial charge in [-0.25, -0.2) is 4.98 Å². The summed E-state index contributed by atoms with van der Waals surface area (Å²) in [5.41, 5.74) is 6.76. The second kappa shape index (κ2) is 8.90. The molecule has 0 radical (unpaired) electrons. The average molecular weight is 456 g/mol. The minimum atomic E-state index is 0.646. The van der Waals surface area contributed by atoms with Gasteiger partial charge >= 0.3 is 0 Å². The van der Waals surface area contributed by atoms with Crippen LogP contribution in [-0.4, -0.2) is 40.5 Å². The molecule has 0 unspecified atom stereocenters. The molecule has 0 bridgehead atoms. The van der Waals surface area contributed by atoms with E-state index >= 15 is 0 Å². The first-order valence-electron chi connectivity index (χ1n) is 11.3. The second-order valence-corrected chi connectivity index (χ2v) is 8.99. The van der Waals surface area contributed by atoms with Crippen LogP contribution in [0.4, 0.5) is 5.82 Å². The van der Waals surface area contributed by atoms with Crippen molar-refractivity contribution in [3.8, 4) is 6.07 Å². The number of hydrogen-bond donors (Lipinski definition) is 0. The number of pyridine rings is 1. The highest BCUT2D eigenvalue weighted by molar-refractivity contribution is 6.30. The predicted molar refractivity (Wildman–Crippen MR) is 135 cm³/mol. The number of halogens is 1. The van der Waals surface area contributed by atoms with Crippen LogP contribution < -0.4 is 4.90 Å². The molecule has 0 amide bonds. The number of rotatable bonds is 5. The van der Waals surface area contributed by atoms with Gasteiger partial charge in [-0.15, -0.1) is 6.58 Å². The van der Waals surface area contributed by atoms with E-state index in [1.165, 1.54) is 5.56 Å². The number of fused-ring (bicyclic) bond motifs is 3. The molecule has 2 aromatic carbocycles. The molecule has 6 heteroatoms. The number of nitriles is 1. The maximum Gasteiger partial charge on any atom is 0.157 e. The van der Waals surface area contributed by atoms with Crippen LogP contribution >= 0.6 is 11.6 Å². The molecule has 1 aliphatic rings. The second-order valence-electron chi connectivity index (χ2n) is 8.56. The summed E-state index contributed by atoms with van der Waals surface area (Å²) in [6, 6.07) is 18.6. The van der Waals surface area contributed by atoms with Crippen molar-refractivity contribution < 1.29 is 0 Å². The minimum Gasteiger partial charge on any atom is -0.355 e. The Kier molecular flexibility index (Phi) is 5.80.